The fraction of sp³-hybridized carbons (Fsp3) is 0.478. The van der Waals surface area contributed by atoms with Gasteiger partial charge < -0.3 is 15.3 Å². The van der Waals surface area contributed by atoms with E-state index in [9.17, 15) is 19.5 Å². The molecule has 33 heavy (non-hydrogen) atoms. The van der Waals surface area contributed by atoms with Gasteiger partial charge in [-0.1, -0.05) is 32.9 Å². The number of carbonyl (C=O) groups is 3. The van der Waals surface area contributed by atoms with Crippen LogP contribution in [0.2, 0.25) is 0 Å². The van der Waals surface area contributed by atoms with Gasteiger partial charge in [-0.3, -0.25) is 25.2 Å². The summed E-state index contributed by atoms with van der Waals surface area (Å²) in [5.74, 6) is -1.15. The number of hydrogen-bond donors (Lipinski definition) is 4. The first-order valence-electron chi connectivity index (χ1n) is 10.8. The van der Waals surface area contributed by atoms with Gasteiger partial charge in [-0.25, -0.2) is 4.98 Å². The molecule has 1 fully saturated rings. The van der Waals surface area contributed by atoms with Crippen molar-refractivity contribution in [3.05, 3.63) is 35.5 Å². The first-order chi connectivity index (χ1) is 15.5. The monoisotopic (exact) mass is 473 g/mol. The van der Waals surface area contributed by atoms with Gasteiger partial charge in [-0.05, 0) is 30.0 Å². The molecular weight excluding hydrogens is 442 g/mol. The molecule has 0 bridgehead atoms. The molecule has 0 aliphatic carbocycles. The van der Waals surface area contributed by atoms with Crippen molar-refractivity contribution in [3.63, 3.8) is 0 Å². The molecule has 3 atom stereocenters. The Kier molecular flexibility index (Phi) is 7.38. The summed E-state index contributed by atoms with van der Waals surface area (Å²) in [6, 6.07) is 5.89. The van der Waals surface area contributed by atoms with Crippen LogP contribution in [0.5, 0.6) is 0 Å². The lowest BCUT2D eigenvalue weighted by Gasteiger charge is -2.35. The normalized spacial score (nSPS) is 19.2. The largest absolute Gasteiger partial charge is 0.391 e. The van der Waals surface area contributed by atoms with Crippen LogP contribution in [0.3, 0.4) is 0 Å². The van der Waals surface area contributed by atoms with E-state index in [4.69, 9.17) is 0 Å². The van der Waals surface area contributed by atoms with Gasteiger partial charge in [0.15, 0.2) is 0 Å². The minimum absolute atomic E-state index is 0.0337. The first-order valence-corrected chi connectivity index (χ1v) is 11.7. The van der Waals surface area contributed by atoms with Crippen molar-refractivity contribution in [2.24, 2.45) is 5.41 Å². The van der Waals surface area contributed by atoms with Crippen molar-refractivity contribution in [2.45, 2.75) is 59.2 Å². The second kappa shape index (κ2) is 9.88. The van der Waals surface area contributed by atoms with Crippen LogP contribution in [0.15, 0.2) is 29.8 Å². The van der Waals surface area contributed by atoms with Gasteiger partial charge in [-0.2, -0.15) is 0 Å². The predicted octanol–water partition coefficient (Wildman–Crippen LogP) is 2.07. The average Bonchev–Trinajstić information content (AvgIpc) is 3.35. The van der Waals surface area contributed by atoms with E-state index < -0.39 is 35.4 Å². The second-order valence-corrected chi connectivity index (χ2v) is 10.2. The Morgan fingerprint density at radius 2 is 1.88 bits per heavy atom. The van der Waals surface area contributed by atoms with Crippen LogP contribution in [0.25, 0.3) is 10.4 Å². The number of nitrogens with one attached hydrogen (secondary N) is 3. The number of aliphatic hydroxyl groups excluding tert-OH is 1. The van der Waals surface area contributed by atoms with Crippen LogP contribution in [0, 0.1) is 12.3 Å². The van der Waals surface area contributed by atoms with E-state index in [1.54, 1.807) is 16.8 Å². The lowest BCUT2D eigenvalue weighted by molar-refractivity contribution is -0.143. The number of likely N-dealkylation sites (tertiary alicyclic amines) is 1. The van der Waals surface area contributed by atoms with Crippen LogP contribution in [-0.2, 0) is 14.4 Å². The molecule has 0 radical (unpaired) electrons. The molecule has 1 aromatic carbocycles. The summed E-state index contributed by atoms with van der Waals surface area (Å²) in [4.78, 5) is 44.5. The van der Waals surface area contributed by atoms with Gasteiger partial charge in [0.05, 0.1) is 27.9 Å². The second-order valence-electron chi connectivity index (χ2n) is 9.35. The summed E-state index contributed by atoms with van der Waals surface area (Å²) in [5, 5.41) is 12.9. The molecule has 10 heteroatoms. The van der Waals surface area contributed by atoms with Gasteiger partial charge in [0.25, 0.3) is 5.91 Å². The van der Waals surface area contributed by atoms with Crippen LogP contribution < -0.4 is 16.2 Å². The number of aliphatic hydroxyl groups is 1. The van der Waals surface area contributed by atoms with Gasteiger partial charge in [-0.15, -0.1) is 11.3 Å². The molecule has 2 heterocycles. The zero-order valence-corrected chi connectivity index (χ0v) is 20.3. The third-order valence-electron chi connectivity index (χ3n) is 5.55. The fourth-order valence-electron chi connectivity index (χ4n) is 3.82. The minimum Gasteiger partial charge on any atom is -0.391 e. The van der Waals surface area contributed by atoms with E-state index in [2.05, 4.69) is 21.2 Å². The summed E-state index contributed by atoms with van der Waals surface area (Å²) in [5.41, 5.74) is 9.43. The average molecular weight is 474 g/mol. The van der Waals surface area contributed by atoms with Crippen LogP contribution >= 0.6 is 11.3 Å². The highest BCUT2D eigenvalue weighted by Gasteiger charge is 2.44. The first kappa shape index (κ1) is 24.7. The maximum atomic E-state index is 13.2. The van der Waals surface area contributed by atoms with Crippen LogP contribution in [0.1, 0.15) is 39.8 Å². The third kappa shape index (κ3) is 5.88. The molecule has 1 aromatic heterocycles. The minimum atomic E-state index is -0.849. The number of β-amino-alcohol motifs (C(OH)–C–C–N with tert-alkyl or cyclic N) is 1. The highest BCUT2D eigenvalue weighted by Crippen LogP contribution is 2.28. The number of nitrogens with zero attached hydrogens (tertiary/aromatic N) is 2. The number of carbonyl (C=O) groups excluding carboxylic acids is 3. The molecule has 4 N–H and O–H groups in total. The maximum Gasteiger partial charge on any atom is 0.261 e. The molecule has 1 aliphatic rings. The van der Waals surface area contributed by atoms with Crippen LogP contribution in [-0.4, -0.2) is 57.4 Å². The van der Waals surface area contributed by atoms with Crippen molar-refractivity contribution >= 4 is 34.7 Å². The van der Waals surface area contributed by atoms with E-state index >= 15 is 0 Å². The Balaban J connectivity index is 1.67. The maximum absolute atomic E-state index is 13.2. The van der Waals surface area contributed by atoms with E-state index in [0.29, 0.717) is 5.69 Å². The lowest BCUT2D eigenvalue weighted by Crippen LogP contribution is -2.57. The highest BCUT2D eigenvalue weighted by molar-refractivity contribution is 7.13. The summed E-state index contributed by atoms with van der Waals surface area (Å²) in [6.45, 7) is 8.86. The van der Waals surface area contributed by atoms with Crippen molar-refractivity contribution in [1.29, 1.82) is 0 Å². The number of hydrogen-bond acceptors (Lipinski definition) is 7. The smallest absolute Gasteiger partial charge is 0.261 e. The molecule has 0 unspecified atom stereocenters. The zero-order valence-electron chi connectivity index (χ0n) is 19.5. The van der Waals surface area contributed by atoms with Crippen molar-refractivity contribution in [1.82, 2.24) is 20.6 Å². The molecule has 2 aromatic rings. The molecule has 1 saturated heterocycles. The summed E-state index contributed by atoms with van der Waals surface area (Å²) in [6.07, 6.45) is -0.690. The standard InChI is InChI=1S/C23H31N5O4S/c1-13-19(33-12-24-13)15-6-8-16(9-7-15)26-27-21(31)18-10-17(30)11-28(18)22(32)20(23(3,4)5)25-14(2)29/h6-9,12,17-18,20,26,30H,10-11H2,1-5H3,(H,25,29)(H,27,31)/t17-,18+,20-/m1/s1. The molecule has 3 rings (SSSR count). The van der Waals surface area contributed by atoms with Gasteiger partial charge in [0.2, 0.25) is 11.8 Å². The SMILES string of the molecule is CC(=O)N[C@H](C(=O)N1C[C@H](O)C[C@H]1C(=O)NNc1ccc(-c2scnc2C)cc1)C(C)(C)C. The number of aryl methyl sites for hydroxylation is 1. The quantitative estimate of drug-likeness (QED) is 0.476. The number of aromatic nitrogens is 1. The Bertz CT molecular complexity index is 1010. The number of benzene rings is 1. The molecule has 1 aliphatic heterocycles. The van der Waals surface area contributed by atoms with E-state index in [0.717, 1.165) is 16.1 Å². The molecule has 0 spiro atoms. The third-order valence-corrected chi connectivity index (χ3v) is 6.53. The number of hydrazine groups is 1. The fourth-order valence-corrected chi connectivity index (χ4v) is 4.64. The van der Waals surface area contributed by atoms with E-state index in [-0.39, 0.29) is 18.9 Å². The van der Waals surface area contributed by atoms with Crippen molar-refractivity contribution in [2.75, 3.05) is 12.0 Å². The van der Waals surface area contributed by atoms with Crippen LogP contribution in [0.4, 0.5) is 5.69 Å². The Morgan fingerprint density at radius 1 is 1.21 bits per heavy atom. The molecule has 178 valence electrons. The number of rotatable bonds is 6. The summed E-state index contributed by atoms with van der Waals surface area (Å²) >= 11 is 1.57. The summed E-state index contributed by atoms with van der Waals surface area (Å²) in [7, 11) is 0. The van der Waals surface area contributed by atoms with Gasteiger partial charge >= 0.3 is 0 Å². The molecular formula is C23H31N5O4S. The zero-order chi connectivity index (χ0) is 24.3. The highest BCUT2D eigenvalue weighted by atomic mass is 32.1. The number of anilines is 1. The topological polar surface area (TPSA) is 124 Å². The predicted molar refractivity (Wildman–Crippen MR) is 127 cm³/mol. The van der Waals surface area contributed by atoms with Gasteiger partial charge in [0.1, 0.15) is 12.1 Å². The molecule has 9 nitrogen and oxygen atoms in total. The van der Waals surface area contributed by atoms with E-state index in [1.165, 1.54) is 11.8 Å². The Hall–Kier alpha value is -2.98. The van der Waals surface area contributed by atoms with E-state index in [1.807, 2.05) is 52.0 Å². The van der Waals surface area contributed by atoms with Crippen molar-refractivity contribution < 1.29 is 19.5 Å². The Labute approximate surface area is 197 Å². The Morgan fingerprint density at radius 3 is 2.42 bits per heavy atom. The summed E-state index contributed by atoms with van der Waals surface area (Å²) < 4.78 is 0. The van der Waals surface area contributed by atoms with Gasteiger partial charge in [0, 0.05) is 19.9 Å². The number of thiazole rings is 1. The number of amides is 3. The lowest BCUT2D eigenvalue weighted by atomic mass is 9.85. The molecule has 0 saturated carbocycles. The van der Waals surface area contributed by atoms with Crippen molar-refractivity contribution in [3.8, 4) is 10.4 Å². The molecule has 3 amide bonds.